The van der Waals surface area contributed by atoms with E-state index in [1.807, 2.05) is 73.1 Å². The van der Waals surface area contributed by atoms with Crippen molar-refractivity contribution in [3.8, 4) is 11.8 Å². The Labute approximate surface area is 147 Å². The van der Waals surface area contributed by atoms with Crippen molar-refractivity contribution in [2.75, 3.05) is 0 Å². The molecule has 1 N–H and O–H groups in total. The van der Waals surface area contributed by atoms with Gasteiger partial charge >= 0.3 is 0 Å². The fraction of sp³-hybridized carbons (Fsp3) is 0. The van der Waals surface area contributed by atoms with Crippen LogP contribution in [0.5, 0.6) is 0 Å². The van der Waals surface area contributed by atoms with Gasteiger partial charge < -0.3 is 4.98 Å². The van der Waals surface area contributed by atoms with E-state index < -0.39 is 0 Å². The summed E-state index contributed by atoms with van der Waals surface area (Å²) < 4.78 is 0. The number of allylic oxidation sites excluding steroid dienone is 2. The van der Waals surface area contributed by atoms with E-state index in [4.69, 9.17) is 0 Å². The molecule has 1 aliphatic heterocycles. The minimum Gasteiger partial charge on any atom is -0.361 e. The Balaban J connectivity index is 1.76. The standard InChI is InChI=1S/C23H16N2/c1-2-7-18(8-3-1)13-14-19-9-4-10-20(17-19)23(21-11-5-15-24-21)22-12-6-16-25-22/h1-12,15-17,24H/b23-22-. The first-order valence-electron chi connectivity index (χ1n) is 8.16. The number of aromatic amines is 1. The minimum absolute atomic E-state index is 0.954. The lowest BCUT2D eigenvalue weighted by Gasteiger charge is -2.09. The highest BCUT2D eigenvalue weighted by Gasteiger charge is 2.12. The first-order chi connectivity index (χ1) is 12.4. The Kier molecular flexibility index (Phi) is 4.14. The Morgan fingerprint density at radius 3 is 2.44 bits per heavy atom. The molecule has 2 aromatic carbocycles. The predicted octanol–water partition coefficient (Wildman–Crippen LogP) is 4.81. The smallest absolute Gasteiger partial charge is 0.0729 e. The van der Waals surface area contributed by atoms with E-state index in [1.54, 1.807) is 0 Å². The van der Waals surface area contributed by atoms with Gasteiger partial charge in [0.25, 0.3) is 0 Å². The van der Waals surface area contributed by atoms with Gasteiger partial charge in [-0.15, -0.1) is 0 Å². The van der Waals surface area contributed by atoms with E-state index in [-0.39, 0.29) is 0 Å². The Morgan fingerprint density at radius 1 is 0.840 bits per heavy atom. The highest BCUT2D eigenvalue weighted by atomic mass is 14.8. The summed E-state index contributed by atoms with van der Waals surface area (Å²) in [7, 11) is 0. The first-order valence-corrected chi connectivity index (χ1v) is 8.16. The summed E-state index contributed by atoms with van der Waals surface area (Å²) in [6, 6.07) is 22.4. The van der Waals surface area contributed by atoms with E-state index in [0.29, 0.717) is 0 Å². The van der Waals surface area contributed by atoms with Gasteiger partial charge in [-0.2, -0.15) is 0 Å². The molecule has 2 nitrogen and oxygen atoms in total. The maximum atomic E-state index is 4.48. The van der Waals surface area contributed by atoms with Crippen LogP contribution in [0.15, 0.2) is 95.8 Å². The van der Waals surface area contributed by atoms with Crippen LogP contribution in [0.25, 0.3) is 5.57 Å². The van der Waals surface area contributed by atoms with Crippen molar-refractivity contribution in [3.63, 3.8) is 0 Å². The summed E-state index contributed by atoms with van der Waals surface area (Å²) in [6.07, 6.45) is 7.73. The zero-order valence-electron chi connectivity index (χ0n) is 13.6. The quantitative estimate of drug-likeness (QED) is 0.656. The van der Waals surface area contributed by atoms with Crippen LogP contribution in [0.2, 0.25) is 0 Å². The SMILES string of the molecule is C(#Cc1cccc(/C(=C2\C=CC=N2)c2ccc[nH]2)c1)c1ccccc1. The van der Waals surface area contributed by atoms with Gasteiger partial charge in [0, 0.05) is 34.8 Å². The van der Waals surface area contributed by atoms with Crippen LogP contribution in [0.3, 0.4) is 0 Å². The minimum atomic E-state index is 0.954. The zero-order valence-corrected chi connectivity index (χ0v) is 13.6. The second-order valence-electron chi connectivity index (χ2n) is 5.68. The van der Waals surface area contributed by atoms with Gasteiger partial charge in [0.1, 0.15) is 0 Å². The molecular formula is C23H16N2. The van der Waals surface area contributed by atoms with E-state index in [2.05, 4.69) is 40.0 Å². The number of rotatable bonds is 2. The molecule has 25 heavy (non-hydrogen) atoms. The number of hydrogen-bond donors (Lipinski definition) is 1. The fourth-order valence-corrected chi connectivity index (χ4v) is 2.79. The van der Waals surface area contributed by atoms with Gasteiger partial charge in [0.05, 0.1) is 5.70 Å². The lowest BCUT2D eigenvalue weighted by molar-refractivity contribution is 1.32. The normalized spacial score (nSPS) is 14.2. The number of aromatic nitrogens is 1. The summed E-state index contributed by atoms with van der Waals surface area (Å²) >= 11 is 0. The molecule has 4 rings (SSSR count). The van der Waals surface area contributed by atoms with Gasteiger partial charge in [-0.1, -0.05) is 42.2 Å². The van der Waals surface area contributed by atoms with Crippen LogP contribution in [0.4, 0.5) is 0 Å². The molecule has 0 aliphatic carbocycles. The molecule has 0 unspecified atom stereocenters. The second-order valence-corrected chi connectivity index (χ2v) is 5.68. The van der Waals surface area contributed by atoms with Crippen LogP contribution < -0.4 is 0 Å². The average Bonchev–Trinajstić information content (AvgIpc) is 3.36. The van der Waals surface area contributed by atoms with Crippen molar-refractivity contribution in [2.45, 2.75) is 0 Å². The highest BCUT2D eigenvalue weighted by molar-refractivity contribution is 5.88. The lowest BCUT2D eigenvalue weighted by Crippen LogP contribution is -1.92. The van der Waals surface area contributed by atoms with Gasteiger partial charge in [0.15, 0.2) is 0 Å². The second kappa shape index (κ2) is 6.90. The van der Waals surface area contributed by atoms with Crippen molar-refractivity contribution in [1.29, 1.82) is 0 Å². The monoisotopic (exact) mass is 320 g/mol. The van der Waals surface area contributed by atoms with E-state index in [0.717, 1.165) is 33.7 Å². The molecule has 118 valence electrons. The van der Waals surface area contributed by atoms with Crippen molar-refractivity contribution in [3.05, 3.63) is 113 Å². The van der Waals surface area contributed by atoms with Crippen molar-refractivity contribution in [1.82, 2.24) is 4.98 Å². The van der Waals surface area contributed by atoms with Crippen molar-refractivity contribution < 1.29 is 0 Å². The number of nitrogens with zero attached hydrogens (tertiary/aromatic N) is 1. The summed E-state index contributed by atoms with van der Waals surface area (Å²) in [5.41, 5.74) is 6.18. The Morgan fingerprint density at radius 2 is 1.68 bits per heavy atom. The zero-order chi connectivity index (χ0) is 16.9. The molecule has 0 saturated carbocycles. The predicted molar refractivity (Wildman–Crippen MR) is 103 cm³/mol. The third-order valence-corrected chi connectivity index (χ3v) is 3.95. The Bertz CT molecular complexity index is 1010. The summed E-state index contributed by atoms with van der Waals surface area (Å²) in [6.45, 7) is 0. The van der Waals surface area contributed by atoms with Crippen molar-refractivity contribution in [2.24, 2.45) is 4.99 Å². The number of benzene rings is 2. The van der Waals surface area contributed by atoms with E-state index in [1.165, 1.54) is 0 Å². The molecule has 0 atom stereocenters. The molecule has 3 aromatic rings. The maximum absolute atomic E-state index is 4.48. The van der Waals surface area contributed by atoms with Gasteiger partial charge in [-0.3, -0.25) is 4.99 Å². The molecule has 1 aliphatic rings. The first kappa shape index (κ1) is 15.0. The molecule has 0 bridgehead atoms. The third-order valence-electron chi connectivity index (χ3n) is 3.95. The van der Waals surface area contributed by atoms with Crippen molar-refractivity contribution >= 4 is 11.8 Å². The van der Waals surface area contributed by atoms with Crippen LogP contribution in [0.1, 0.15) is 22.4 Å². The number of aliphatic imine (C=N–C) groups is 1. The largest absolute Gasteiger partial charge is 0.361 e. The van der Waals surface area contributed by atoms with Crippen LogP contribution in [-0.4, -0.2) is 11.2 Å². The Hall–Kier alpha value is -3.57. The van der Waals surface area contributed by atoms with Gasteiger partial charge in [0.2, 0.25) is 0 Å². The topological polar surface area (TPSA) is 28.1 Å². The molecule has 0 fully saturated rings. The van der Waals surface area contributed by atoms with Gasteiger partial charge in [-0.25, -0.2) is 0 Å². The van der Waals surface area contributed by atoms with E-state index >= 15 is 0 Å². The van der Waals surface area contributed by atoms with E-state index in [9.17, 15) is 0 Å². The fourth-order valence-electron chi connectivity index (χ4n) is 2.79. The molecule has 0 amide bonds. The highest BCUT2D eigenvalue weighted by Crippen LogP contribution is 2.28. The summed E-state index contributed by atoms with van der Waals surface area (Å²) in [5, 5.41) is 0. The van der Waals surface area contributed by atoms with Crippen LogP contribution in [0, 0.1) is 11.8 Å². The maximum Gasteiger partial charge on any atom is 0.0729 e. The van der Waals surface area contributed by atoms with Crippen LogP contribution in [-0.2, 0) is 0 Å². The lowest BCUT2D eigenvalue weighted by atomic mass is 9.98. The molecule has 2 heteroatoms. The van der Waals surface area contributed by atoms with Gasteiger partial charge in [-0.05, 0) is 54.1 Å². The number of hydrogen-bond acceptors (Lipinski definition) is 1. The average molecular weight is 320 g/mol. The molecule has 2 heterocycles. The molecule has 1 aromatic heterocycles. The molecule has 0 radical (unpaired) electrons. The summed E-state index contributed by atoms with van der Waals surface area (Å²) in [4.78, 5) is 7.77. The molecule has 0 spiro atoms. The van der Waals surface area contributed by atoms with Crippen LogP contribution >= 0.6 is 0 Å². The molecule has 0 saturated heterocycles. The summed E-state index contributed by atoms with van der Waals surface area (Å²) in [5.74, 6) is 6.47. The number of H-pyrrole nitrogens is 1. The third kappa shape index (κ3) is 3.36. The number of nitrogens with one attached hydrogen (secondary N) is 1. The molecular weight excluding hydrogens is 304 g/mol.